The van der Waals surface area contributed by atoms with E-state index in [0.29, 0.717) is 64.6 Å². The Morgan fingerprint density at radius 1 is 0.939 bits per heavy atom. The number of carbonyl (C=O) groups is 3. The van der Waals surface area contributed by atoms with Gasteiger partial charge in [-0.1, -0.05) is 0 Å². The van der Waals surface area contributed by atoms with Crippen LogP contribution in [0.1, 0.15) is 47.5 Å². The van der Waals surface area contributed by atoms with Gasteiger partial charge in [-0.25, -0.2) is 0 Å². The first-order chi connectivity index (χ1) is 15.9. The number of primary amides is 1. The van der Waals surface area contributed by atoms with Gasteiger partial charge in [0.2, 0.25) is 11.8 Å². The van der Waals surface area contributed by atoms with Crippen molar-refractivity contribution < 1.29 is 28.6 Å². The van der Waals surface area contributed by atoms with Gasteiger partial charge in [-0.15, -0.1) is 0 Å². The fourth-order valence-electron chi connectivity index (χ4n) is 4.66. The maximum atomic E-state index is 13.4. The van der Waals surface area contributed by atoms with Crippen LogP contribution in [0.3, 0.4) is 0 Å². The van der Waals surface area contributed by atoms with E-state index in [1.54, 1.807) is 48.4 Å². The van der Waals surface area contributed by atoms with Gasteiger partial charge in [0.05, 0.1) is 21.3 Å². The molecule has 0 bridgehead atoms. The third-order valence-corrected chi connectivity index (χ3v) is 6.20. The molecule has 1 atom stereocenters. The van der Waals surface area contributed by atoms with Crippen molar-refractivity contribution in [2.45, 2.75) is 31.6 Å². The Kier molecular flexibility index (Phi) is 6.09. The lowest BCUT2D eigenvalue weighted by atomic mass is 9.76. The van der Waals surface area contributed by atoms with Crippen LogP contribution in [-0.4, -0.2) is 38.9 Å². The van der Waals surface area contributed by atoms with Crippen molar-refractivity contribution in [1.82, 2.24) is 0 Å². The van der Waals surface area contributed by atoms with Crippen LogP contribution in [0.2, 0.25) is 0 Å². The maximum absolute atomic E-state index is 13.4. The zero-order valence-corrected chi connectivity index (χ0v) is 18.8. The average Bonchev–Trinajstić information content (AvgIpc) is 2.82. The van der Waals surface area contributed by atoms with E-state index in [2.05, 4.69) is 0 Å². The minimum atomic E-state index is -0.542. The van der Waals surface area contributed by atoms with E-state index in [1.807, 2.05) is 0 Å². The molecule has 33 heavy (non-hydrogen) atoms. The summed E-state index contributed by atoms with van der Waals surface area (Å²) in [6.45, 7) is 0. The Bertz CT molecular complexity index is 1150. The van der Waals surface area contributed by atoms with Gasteiger partial charge in [-0.3, -0.25) is 19.3 Å². The Hall–Kier alpha value is -3.81. The Morgan fingerprint density at radius 2 is 1.58 bits per heavy atom. The highest BCUT2D eigenvalue weighted by molar-refractivity contribution is 6.07. The van der Waals surface area contributed by atoms with E-state index in [4.69, 9.17) is 19.9 Å². The third-order valence-electron chi connectivity index (χ3n) is 6.20. The van der Waals surface area contributed by atoms with E-state index in [0.717, 1.165) is 0 Å². The minimum Gasteiger partial charge on any atom is -0.496 e. The lowest BCUT2D eigenvalue weighted by Crippen LogP contribution is -2.40. The number of hydrogen-bond donors (Lipinski definition) is 1. The molecule has 2 amide bonds. The van der Waals surface area contributed by atoms with Crippen LogP contribution >= 0.6 is 0 Å². The van der Waals surface area contributed by atoms with Crippen molar-refractivity contribution in [1.29, 1.82) is 0 Å². The second kappa shape index (κ2) is 8.97. The largest absolute Gasteiger partial charge is 0.496 e. The summed E-state index contributed by atoms with van der Waals surface area (Å²) in [5, 5.41) is 0. The van der Waals surface area contributed by atoms with Crippen LogP contribution in [0, 0.1) is 0 Å². The number of methoxy groups -OCH3 is 3. The molecule has 0 spiro atoms. The number of hydrogen-bond acceptors (Lipinski definition) is 6. The quantitative estimate of drug-likeness (QED) is 0.723. The fourth-order valence-corrected chi connectivity index (χ4v) is 4.66. The number of carbonyl (C=O) groups excluding carboxylic acids is 3. The lowest BCUT2D eigenvalue weighted by Gasteiger charge is -2.38. The first-order valence-electron chi connectivity index (χ1n) is 10.7. The lowest BCUT2D eigenvalue weighted by molar-refractivity contribution is -0.119. The highest BCUT2D eigenvalue weighted by Crippen LogP contribution is 2.48. The summed E-state index contributed by atoms with van der Waals surface area (Å²) in [6.07, 6.45) is 1.77. The van der Waals surface area contributed by atoms with Crippen molar-refractivity contribution in [3.63, 3.8) is 0 Å². The molecule has 2 aliphatic rings. The third kappa shape index (κ3) is 3.92. The summed E-state index contributed by atoms with van der Waals surface area (Å²) >= 11 is 0. The molecule has 0 radical (unpaired) electrons. The predicted octanol–water partition coefficient (Wildman–Crippen LogP) is 3.34. The number of rotatable bonds is 6. The molecule has 172 valence electrons. The molecule has 4 rings (SSSR count). The van der Waals surface area contributed by atoms with Gasteiger partial charge >= 0.3 is 0 Å². The second-order valence-electron chi connectivity index (χ2n) is 7.98. The number of nitrogens with two attached hydrogens (primary N) is 1. The number of ketones is 1. The van der Waals surface area contributed by atoms with Gasteiger partial charge in [-0.05, 0) is 43.2 Å². The number of ether oxygens (including phenoxy) is 3. The topological polar surface area (TPSA) is 108 Å². The van der Waals surface area contributed by atoms with Crippen molar-refractivity contribution in [2.75, 3.05) is 26.2 Å². The van der Waals surface area contributed by atoms with Crippen LogP contribution in [0.25, 0.3) is 0 Å². The standard InChI is InChI=1S/C25H26N2O6/c1-31-20-13-22(33-3)21(32-2)11-16(20)17-12-23(29)27(18-5-4-6-19(28)24(17)18)15-9-7-14(8-10-15)25(26)30/h7-11,13,17H,4-6,12H2,1-3H3,(H2,26,30). The van der Waals surface area contributed by atoms with E-state index in [9.17, 15) is 14.4 Å². The molecule has 1 heterocycles. The Balaban J connectivity index is 1.86. The van der Waals surface area contributed by atoms with Crippen LogP contribution < -0.4 is 24.8 Å². The van der Waals surface area contributed by atoms with Gasteiger partial charge in [0.25, 0.3) is 0 Å². The van der Waals surface area contributed by atoms with Crippen molar-refractivity contribution >= 4 is 23.3 Å². The first-order valence-corrected chi connectivity index (χ1v) is 10.7. The molecule has 0 fully saturated rings. The van der Waals surface area contributed by atoms with E-state index < -0.39 is 11.8 Å². The normalized spacial score (nSPS) is 18.2. The van der Waals surface area contributed by atoms with Gasteiger partial charge in [0.15, 0.2) is 17.3 Å². The molecule has 8 nitrogen and oxygen atoms in total. The molecule has 2 N–H and O–H groups in total. The average molecular weight is 450 g/mol. The summed E-state index contributed by atoms with van der Waals surface area (Å²) in [7, 11) is 4.61. The van der Waals surface area contributed by atoms with Gasteiger partial charge in [0.1, 0.15) is 5.75 Å². The summed E-state index contributed by atoms with van der Waals surface area (Å²) < 4.78 is 16.4. The van der Waals surface area contributed by atoms with Crippen LogP contribution in [0.4, 0.5) is 5.69 Å². The maximum Gasteiger partial charge on any atom is 0.248 e. The van der Waals surface area contributed by atoms with Crippen molar-refractivity contribution in [3.05, 3.63) is 58.8 Å². The monoisotopic (exact) mass is 450 g/mol. The predicted molar refractivity (Wildman–Crippen MR) is 122 cm³/mol. The minimum absolute atomic E-state index is 0.0179. The number of benzene rings is 2. The summed E-state index contributed by atoms with van der Waals surface area (Å²) in [5.74, 6) is 0.392. The fraction of sp³-hybridized carbons (Fsp3) is 0.320. The summed E-state index contributed by atoms with van der Waals surface area (Å²) in [6, 6.07) is 10.0. The molecule has 0 saturated carbocycles. The summed E-state index contributed by atoms with van der Waals surface area (Å²) in [4.78, 5) is 39.6. The molecule has 8 heteroatoms. The molecule has 2 aromatic rings. The van der Waals surface area contributed by atoms with E-state index in [1.165, 1.54) is 14.2 Å². The van der Waals surface area contributed by atoms with Gasteiger partial charge in [0, 0.05) is 52.9 Å². The first kappa shape index (κ1) is 22.4. The van der Waals surface area contributed by atoms with Gasteiger partial charge in [-0.2, -0.15) is 0 Å². The van der Waals surface area contributed by atoms with Crippen molar-refractivity contribution in [2.24, 2.45) is 5.73 Å². The molecular formula is C25H26N2O6. The highest BCUT2D eigenvalue weighted by atomic mass is 16.5. The van der Waals surface area contributed by atoms with Crippen molar-refractivity contribution in [3.8, 4) is 17.2 Å². The van der Waals surface area contributed by atoms with Crippen LogP contribution in [0.5, 0.6) is 17.2 Å². The number of anilines is 1. The molecular weight excluding hydrogens is 424 g/mol. The van der Waals surface area contributed by atoms with Crippen LogP contribution in [0.15, 0.2) is 47.7 Å². The second-order valence-corrected chi connectivity index (χ2v) is 7.98. The van der Waals surface area contributed by atoms with E-state index >= 15 is 0 Å². The number of amides is 2. The number of allylic oxidation sites excluding steroid dienone is 2. The highest BCUT2D eigenvalue weighted by Gasteiger charge is 2.41. The Morgan fingerprint density at radius 3 is 2.18 bits per heavy atom. The Labute approximate surface area is 191 Å². The molecule has 0 aromatic heterocycles. The summed E-state index contributed by atoms with van der Waals surface area (Å²) in [5.41, 5.74) is 8.31. The number of Topliss-reactive ketones (excluding diaryl/α,β-unsaturated/α-hetero) is 1. The molecule has 2 aromatic carbocycles. The van der Waals surface area contributed by atoms with Crippen LogP contribution in [-0.2, 0) is 9.59 Å². The SMILES string of the molecule is COc1cc(OC)c(C2CC(=O)N(c3ccc(C(N)=O)cc3)C3=C2C(=O)CCC3)cc1OC. The zero-order chi connectivity index (χ0) is 23.7. The molecule has 0 saturated heterocycles. The molecule has 1 unspecified atom stereocenters. The van der Waals surface area contributed by atoms with Gasteiger partial charge < -0.3 is 19.9 Å². The van der Waals surface area contributed by atoms with E-state index in [-0.39, 0.29) is 18.1 Å². The number of nitrogens with zero attached hydrogens (tertiary/aromatic N) is 1. The smallest absolute Gasteiger partial charge is 0.248 e. The molecule has 1 aliphatic carbocycles. The molecule has 1 aliphatic heterocycles. The zero-order valence-electron chi connectivity index (χ0n) is 18.8.